The third-order valence-corrected chi connectivity index (χ3v) is 5.36. The monoisotopic (exact) mass is 408 g/mol. The van der Waals surface area contributed by atoms with Crippen LogP contribution in [0.25, 0.3) is 16.8 Å². The van der Waals surface area contributed by atoms with Gasteiger partial charge in [0, 0.05) is 22.7 Å². The Hall–Kier alpha value is -3.46. The third kappa shape index (κ3) is 4.04. The maximum atomic E-state index is 14.6. The van der Waals surface area contributed by atoms with E-state index in [0.29, 0.717) is 22.4 Å². The van der Waals surface area contributed by atoms with E-state index in [9.17, 15) is 9.18 Å². The van der Waals surface area contributed by atoms with E-state index < -0.39 is 0 Å². The number of amides is 1. The van der Waals surface area contributed by atoms with Crippen molar-refractivity contribution in [1.82, 2.24) is 30.5 Å². The first-order valence-corrected chi connectivity index (χ1v) is 9.74. The summed E-state index contributed by atoms with van der Waals surface area (Å²) in [5.41, 5.74) is 2.70. The standard InChI is InChI=1S/C20H17FN6OS/c1-12-3-4-17(18(21)7-12)14-8-15(10-16(9-14)27-11-23-25-26-27)19(28)24-13(2)20-22-5-6-29-20/h3-11,13H,1-2H3,(H,24,28). The Labute approximate surface area is 170 Å². The molecule has 0 bridgehead atoms. The number of thiazole rings is 1. The van der Waals surface area contributed by atoms with Crippen molar-refractivity contribution in [3.8, 4) is 16.8 Å². The Balaban J connectivity index is 1.75. The van der Waals surface area contributed by atoms with Crippen molar-refractivity contribution in [2.24, 2.45) is 0 Å². The van der Waals surface area contributed by atoms with Crippen molar-refractivity contribution >= 4 is 17.2 Å². The Morgan fingerprint density at radius 2 is 2.10 bits per heavy atom. The van der Waals surface area contributed by atoms with Crippen molar-refractivity contribution < 1.29 is 9.18 Å². The largest absolute Gasteiger partial charge is 0.343 e. The van der Waals surface area contributed by atoms with Gasteiger partial charge in [-0.15, -0.1) is 16.4 Å². The van der Waals surface area contributed by atoms with Crippen molar-refractivity contribution in [2.45, 2.75) is 19.9 Å². The Kier molecular flexibility index (Phi) is 5.13. The number of halogens is 1. The molecule has 1 amide bonds. The maximum Gasteiger partial charge on any atom is 0.251 e. The zero-order valence-corrected chi connectivity index (χ0v) is 16.5. The Bertz CT molecular complexity index is 1140. The van der Waals surface area contributed by atoms with Crippen LogP contribution in [0.5, 0.6) is 0 Å². The van der Waals surface area contributed by atoms with Crippen LogP contribution >= 0.6 is 11.3 Å². The summed E-state index contributed by atoms with van der Waals surface area (Å²) in [5.74, 6) is -0.655. The van der Waals surface area contributed by atoms with E-state index >= 15 is 0 Å². The molecule has 0 aliphatic rings. The molecule has 0 saturated heterocycles. The smallest absolute Gasteiger partial charge is 0.251 e. The van der Waals surface area contributed by atoms with Crippen LogP contribution in [-0.4, -0.2) is 31.1 Å². The quantitative estimate of drug-likeness (QED) is 0.544. The number of rotatable bonds is 5. The molecule has 146 valence electrons. The van der Waals surface area contributed by atoms with Crippen LogP contribution in [0.1, 0.15) is 33.9 Å². The summed E-state index contributed by atoms with van der Waals surface area (Å²) < 4.78 is 16.0. The minimum Gasteiger partial charge on any atom is -0.343 e. The van der Waals surface area contributed by atoms with Crippen molar-refractivity contribution in [3.63, 3.8) is 0 Å². The summed E-state index contributed by atoms with van der Waals surface area (Å²) >= 11 is 1.47. The normalized spacial score (nSPS) is 12.0. The van der Waals surface area contributed by atoms with Gasteiger partial charge in [0.2, 0.25) is 0 Å². The molecule has 2 aromatic heterocycles. The fourth-order valence-corrected chi connectivity index (χ4v) is 3.60. The first-order chi connectivity index (χ1) is 14.0. The molecule has 0 aliphatic carbocycles. The molecule has 29 heavy (non-hydrogen) atoms. The van der Waals surface area contributed by atoms with Gasteiger partial charge in [0.25, 0.3) is 5.91 Å². The predicted octanol–water partition coefficient (Wildman–Crippen LogP) is 3.72. The highest BCUT2D eigenvalue weighted by molar-refractivity contribution is 7.09. The Morgan fingerprint density at radius 3 is 2.79 bits per heavy atom. The van der Waals surface area contributed by atoms with Crippen molar-refractivity contribution in [2.75, 3.05) is 0 Å². The lowest BCUT2D eigenvalue weighted by atomic mass is 10.00. The lowest BCUT2D eigenvalue weighted by Crippen LogP contribution is -2.26. The molecule has 4 aromatic rings. The summed E-state index contributed by atoms with van der Waals surface area (Å²) in [5, 5.41) is 16.7. The SMILES string of the molecule is Cc1ccc(-c2cc(C(=O)NC(C)c3nccs3)cc(-n3cnnn3)c2)c(F)c1. The van der Waals surface area contributed by atoms with Crippen LogP contribution in [0.3, 0.4) is 0 Å². The van der Waals surface area contributed by atoms with Crippen LogP contribution in [-0.2, 0) is 0 Å². The van der Waals surface area contributed by atoms with E-state index in [4.69, 9.17) is 0 Å². The Morgan fingerprint density at radius 1 is 1.24 bits per heavy atom. The highest BCUT2D eigenvalue weighted by Crippen LogP contribution is 2.27. The second-order valence-corrected chi connectivity index (χ2v) is 7.50. The van der Waals surface area contributed by atoms with E-state index in [2.05, 4.69) is 25.8 Å². The molecule has 1 atom stereocenters. The average Bonchev–Trinajstić information content (AvgIpc) is 3.41. The molecule has 1 unspecified atom stereocenters. The number of nitrogens with zero attached hydrogens (tertiary/aromatic N) is 5. The van der Waals surface area contributed by atoms with E-state index in [1.807, 2.05) is 25.3 Å². The summed E-state index contributed by atoms with van der Waals surface area (Å²) in [7, 11) is 0. The molecule has 0 fully saturated rings. The number of tetrazole rings is 1. The molecule has 7 nitrogen and oxygen atoms in total. The average molecular weight is 408 g/mol. The number of aryl methyl sites for hydroxylation is 1. The summed E-state index contributed by atoms with van der Waals surface area (Å²) in [6.45, 7) is 3.69. The van der Waals surface area contributed by atoms with E-state index in [1.165, 1.54) is 28.4 Å². The van der Waals surface area contributed by atoms with Gasteiger partial charge in [0.1, 0.15) is 17.2 Å². The molecule has 2 heterocycles. The molecule has 2 aromatic carbocycles. The zero-order valence-electron chi connectivity index (χ0n) is 15.7. The first kappa shape index (κ1) is 18.9. The van der Waals surface area contributed by atoms with Gasteiger partial charge in [0.05, 0.1) is 11.7 Å². The molecule has 1 N–H and O–H groups in total. The van der Waals surface area contributed by atoms with Crippen LogP contribution in [0, 0.1) is 12.7 Å². The van der Waals surface area contributed by atoms with Gasteiger partial charge in [-0.2, -0.15) is 0 Å². The summed E-state index contributed by atoms with van der Waals surface area (Å²) in [4.78, 5) is 17.1. The number of hydrogen-bond acceptors (Lipinski definition) is 6. The highest BCUT2D eigenvalue weighted by Gasteiger charge is 2.17. The lowest BCUT2D eigenvalue weighted by Gasteiger charge is -2.14. The van der Waals surface area contributed by atoms with Gasteiger partial charge in [-0.1, -0.05) is 12.1 Å². The second kappa shape index (κ2) is 7.88. The van der Waals surface area contributed by atoms with Gasteiger partial charge < -0.3 is 5.32 Å². The molecule has 9 heteroatoms. The molecular weight excluding hydrogens is 391 g/mol. The number of hydrogen-bond donors (Lipinski definition) is 1. The molecular formula is C20H17FN6OS. The minimum atomic E-state index is -0.360. The number of carbonyl (C=O) groups is 1. The fourth-order valence-electron chi connectivity index (χ4n) is 2.95. The van der Waals surface area contributed by atoms with Gasteiger partial charge >= 0.3 is 0 Å². The third-order valence-electron chi connectivity index (χ3n) is 4.40. The van der Waals surface area contributed by atoms with Crippen LogP contribution in [0.2, 0.25) is 0 Å². The number of aromatic nitrogens is 5. The lowest BCUT2D eigenvalue weighted by molar-refractivity contribution is 0.0940. The van der Waals surface area contributed by atoms with E-state index in [0.717, 1.165) is 10.6 Å². The van der Waals surface area contributed by atoms with Crippen molar-refractivity contribution in [3.05, 3.63) is 76.3 Å². The van der Waals surface area contributed by atoms with E-state index in [1.54, 1.807) is 30.5 Å². The molecule has 0 aliphatic heterocycles. The molecule has 0 radical (unpaired) electrons. The zero-order chi connectivity index (χ0) is 20.4. The van der Waals surface area contributed by atoms with Crippen LogP contribution in [0.15, 0.2) is 54.3 Å². The fraction of sp³-hybridized carbons (Fsp3) is 0.150. The van der Waals surface area contributed by atoms with Gasteiger partial charge in [-0.25, -0.2) is 14.1 Å². The molecule has 4 rings (SSSR count). The summed E-state index contributed by atoms with van der Waals surface area (Å²) in [6, 6.07) is 9.80. The van der Waals surface area contributed by atoms with E-state index in [-0.39, 0.29) is 17.8 Å². The number of benzene rings is 2. The number of carbonyl (C=O) groups excluding carboxylic acids is 1. The predicted molar refractivity (Wildman–Crippen MR) is 107 cm³/mol. The van der Waals surface area contributed by atoms with Crippen molar-refractivity contribution in [1.29, 1.82) is 0 Å². The summed E-state index contributed by atoms with van der Waals surface area (Å²) in [6.07, 6.45) is 3.11. The molecule has 0 spiro atoms. The first-order valence-electron chi connectivity index (χ1n) is 8.86. The second-order valence-electron chi connectivity index (χ2n) is 6.57. The van der Waals surface area contributed by atoms with Gasteiger partial charge in [-0.05, 0) is 59.7 Å². The highest BCUT2D eigenvalue weighted by atomic mass is 32.1. The molecule has 0 saturated carbocycles. The van der Waals surface area contributed by atoms with Crippen LogP contribution < -0.4 is 5.32 Å². The topological polar surface area (TPSA) is 85.6 Å². The van der Waals surface area contributed by atoms with Crippen LogP contribution in [0.4, 0.5) is 4.39 Å². The minimum absolute atomic E-state index is 0.251. The van der Waals surface area contributed by atoms with Gasteiger partial charge in [0.15, 0.2) is 0 Å². The number of nitrogens with one attached hydrogen (secondary N) is 1. The maximum absolute atomic E-state index is 14.6. The van der Waals surface area contributed by atoms with Gasteiger partial charge in [-0.3, -0.25) is 4.79 Å².